The Kier molecular flexibility index (Phi) is 6.63. The van der Waals surface area contributed by atoms with E-state index in [0.29, 0.717) is 6.42 Å². The molecular weight excluding hydrogens is 278 g/mol. The van der Waals surface area contributed by atoms with Gasteiger partial charge in [0.15, 0.2) is 0 Å². The van der Waals surface area contributed by atoms with Crippen molar-refractivity contribution in [2.75, 3.05) is 25.9 Å². The number of carbonyl (C=O) groups is 1. The normalized spacial score (nSPS) is 12.9. The number of nitrogens with one attached hydrogen (secondary N) is 2. The molecule has 20 heavy (non-hydrogen) atoms. The van der Waals surface area contributed by atoms with Crippen LogP contribution in [0.25, 0.3) is 0 Å². The quantitative estimate of drug-likeness (QED) is 0.562. The van der Waals surface area contributed by atoms with Crippen LogP contribution in [0.5, 0.6) is 0 Å². The summed E-state index contributed by atoms with van der Waals surface area (Å²) >= 11 is 0. The predicted molar refractivity (Wildman–Crippen MR) is 78.5 cm³/mol. The predicted octanol–water partition coefficient (Wildman–Crippen LogP) is -0.531. The van der Waals surface area contributed by atoms with E-state index >= 15 is 0 Å². The second-order valence-electron chi connectivity index (χ2n) is 4.58. The van der Waals surface area contributed by atoms with Crippen LogP contribution in [0.4, 0.5) is 0 Å². The Balaban J connectivity index is 2.39. The Labute approximate surface area is 119 Å². The maximum Gasteiger partial charge on any atom is 0.224 e. The molecule has 0 aromatic heterocycles. The maximum absolute atomic E-state index is 11.9. The molecule has 1 aromatic carbocycles. The second-order valence-corrected chi connectivity index (χ2v) is 6.41. The van der Waals surface area contributed by atoms with Gasteiger partial charge < -0.3 is 11.1 Å². The zero-order valence-electron chi connectivity index (χ0n) is 11.5. The van der Waals surface area contributed by atoms with E-state index in [-0.39, 0.29) is 31.5 Å². The van der Waals surface area contributed by atoms with Crippen LogP contribution in [0, 0.1) is 5.92 Å². The molecule has 0 aliphatic heterocycles. The highest BCUT2D eigenvalue weighted by Crippen LogP contribution is 2.07. The van der Waals surface area contributed by atoms with Crippen LogP contribution in [0.15, 0.2) is 30.3 Å². The second kappa shape index (κ2) is 7.98. The van der Waals surface area contributed by atoms with Crippen LogP contribution in [-0.2, 0) is 21.2 Å². The molecule has 6 nitrogen and oxygen atoms in total. The third-order valence-corrected chi connectivity index (χ3v) is 3.50. The first-order valence-electron chi connectivity index (χ1n) is 6.38. The first-order chi connectivity index (χ1) is 9.42. The van der Waals surface area contributed by atoms with Crippen molar-refractivity contribution in [1.82, 2.24) is 10.0 Å². The van der Waals surface area contributed by atoms with E-state index in [9.17, 15) is 13.2 Å². The molecule has 4 N–H and O–H groups in total. The summed E-state index contributed by atoms with van der Waals surface area (Å²) in [7, 11) is -3.22. The molecule has 1 unspecified atom stereocenters. The minimum Gasteiger partial charge on any atom is -0.354 e. The molecule has 1 aromatic rings. The zero-order valence-corrected chi connectivity index (χ0v) is 12.3. The molecule has 0 saturated heterocycles. The molecule has 0 heterocycles. The molecule has 1 atom stereocenters. The molecule has 0 fully saturated rings. The van der Waals surface area contributed by atoms with Crippen molar-refractivity contribution in [2.45, 2.75) is 6.42 Å². The lowest BCUT2D eigenvalue weighted by Crippen LogP contribution is -2.40. The summed E-state index contributed by atoms with van der Waals surface area (Å²) < 4.78 is 24.0. The molecule has 0 aliphatic rings. The molecular formula is C13H21N3O3S. The van der Waals surface area contributed by atoms with Crippen molar-refractivity contribution in [3.8, 4) is 0 Å². The maximum atomic E-state index is 11.9. The largest absolute Gasteiger partial charge is 0.354 e. The minimum atomic E-state index is -3.22. The van der Waals surface area contributed by atoms with Gasteiger partial charge in [-0.25, -0.2) is 13.1 Å². The van der Waals surface area contributed by atoms with Gasteiger partial charge in [0.05, 0.1) is 12.2 Å². The Bertz CT molecular complexity index is 517. The van der Waals surface area contributed by atoms with E-state index in [1.54, 1.807) is 0 Å². The summed E-state index contributed by atoms with van der Waals surface area (Å²) in [6.45, 7) is 0.671. The Hall–Kier alpha value is -1.44. The Morgan fingerprint density at radius 2 is 1.90 bits per heavy atom. The van der Waals surface area contributed by atoms with Gasteiger partial charge in [-0.15, -0.1) is 0 Å². The average Bonchev–Trinajstić information content (AvgIpc) is 2.41. The first-order valence-corrected chi connectivity index (χ1v) is 8.28. The number of benzene rings is 1. The average molecular weight is 299 g/mol. The summed E-state index contributed by atoms with van der Waals surface area (Å²) in [6, 6.07) is 9.63. The lowest BCUT2D eigenvalue weighted by molar-refractivity contribution is -0.124. The number of hydrogen-bond donors (Lipinski definition) is 3. The van der Waals surface area contributed by atoms with Crippen molar-refractivity contribution >= 4 is 15.9 Å². The van der Waals surface area contributed by atoms with E-state index in [1.807, 2.05) is 30.3 Å². The van der Waals surface area contributed by atoms with Gasteiger partial charge in [-0.2, -0.15) is 0 Å². The summed E-state index contributed by atoms with van der Waals surface area (Å²) in [5.74, 6) is -0.470. The van der Waals surface area contributed by atoms with Crippen LogP contribution in [-0.4, -0.2) is 40.2 Å². The van der Waals surface area contributed by atoms with E-state index < -0.39 is 10.0 Å². The van der Waals surface area contributed by atoms with Gasteiger partial charge in [0.2, 0.25) is 15.9 Å². The van der Waals surface area contributed by atoms with Crippen molar-refractivity contribution in [3.05, 3.63) is 35.9 Å². The van der Waals surface area contributed by atoms with Gasteiger partial charge in [0.1, 0.15) is 0 Å². The molecule has 0 spiro atoms. The number of hydrogen-bond acceptors (Lipinski definition) is 4. The minimum absolute atomic E-state index is 0.161. The number of amides is 1. The van der Waals surface area contributed by atoms with Crippen molar-refractivity contribution in [1.29, 1.82) is 0 Å². The van der Waals surface area contributed by atoms with E-state index in [2.05, 4.69) is 10.0 Å². The fourth-order valence-electron chi connectivity index (χ4n) is 1.75. The zero-order chi connectivity index (χ0) is 15.0. The first kappa shape index (κ1) is 16.6. The van der Waals surface area contributed by atoms with E-state index in [1.165, 1.54) is 0 Å². The number of nitrogens with two attached hydrogens (primary N) is 1. The van der Waals surface area contributed by atoms with Crippen molar-refractivity contribution in [2.24, 2.45) is 11.7 Å². The third-order valence-electron chi connectivity index (χ3n) is 2.77. The van der Waals surface area contributed by atoms with Crippen LogP contribution in [0.2, 0.25) is 0 Å². The monoisotopic (exact) mass is 299 g/mol. The van der Waals surface area contributed by atoms with Crippen LogP contribution < -0.4 is 15.8 Å². The summed E-state index contributed by atoms with van der Waals surface area (Å²) in [5, 5.41) is 2.68. The molecule has 112 valence electrons. The highest BCUT2D eigenvalue weighted by Gasteiger charge is 2.16. The van der Waals surface area contributed by atoms with Gasteiger partial charge in [-0.3, -0.25) is 4.79 Å². The van der Waals surface area contributed by atoms with Gasteiger partial charge >= 0.3 is 0 Å². The van der Waals surface area contributed by atoms with Crippen LogP contribution >= 0.6 is 0 Å². The Morgan fingerprint density at radius 1 is 1.25 bits per heavy atom. The molecule has 1 amide bonds. The summed E-state index contributed by atoms with van der Waals surface area (Å²) in [5.41, 5.74) is 6.67. The molecule has 0 saturated carbocycles. The lowest BCUT2D eigenvalue weighted by Gasteiger charge is -2.15. The highest BCUT2D eigenvalue weighted by molar-refractivity contribution is 7.88. The van der Waals surface area contributed by atoms with E-state index in [4.69, 9.17) is 5.73 Å². The number of carbonyl (C=O) groups excluding carboxylic acids is 1. The smallest absolute Gasteiger partial charge is 0.224 e. The van der Waals surface area contributed by atoms with Crippen molar-refractivity contribution < 1.29 is 13.2 Å². The molecule has 0 aliphatic carbocycles. The Morgan fingerprint density at radius 3 is 2.45 bits per heavy atom. The van der Waals surface area contributed by atoms with Gasteiger partial charge in [-0.05, 0) is 12.0 Å². The standard InChI is InChI=1S/C13H21N3O3S/c1-20(18,19)16-8-7-15-13(17)12(10-14)9-11-5-3-2-4-6-11/h2-6,12,16H,7-10,14H2,1H3,(H,15,17). The third kappa shape index (κ3) is 6.65. The number of sulfonamides is 1. The van der Waals surface area contributed by atoms with Crippen LogP contribution in [0.3, 0.4) is 0 Å². The summed E-state index contributed by atoms with van der Waals surface area (Å²) in [4.78, 5) is 11.9. The number of rotatable bonds is 8. The van der Waals surface area contributed by atoms with Crippen LogP contribution in [0.1, 0.15) is 5.56 Å². The van der Waals surface area contributed by atoms with Gasteiger partial charge in [-0.1, -0.05) is 30.3 Å². The van der Waals surface area contributed by atoms with Crippen molar-refractivity contribution in [3.63, 3.8) is 0 Å². The van der Waals surface area contributed by atoms with Gasteiger partial charge in [0, 0.05) is 19.6 Å². The fraction of sp³-hybridized carbons (Fsp3) is 0.462. The highest BCUT2D eigenvalue weighted by atomic mass is 32.2. The fourth-order valence-corrected chi connectivity index (χ4v) is 2.22. The van der Waals surface area contributed by atoms with E-state index in [0.717, 1.165) is 11.8 Å². The summed E-state index contributed by atoms with van der Waals surface area (Å²) in [6.07, 6.45) is 1.65. The topological polar surface area (TPSA) is 101 Å². The molecule has 0 radical (unpaired) electrons. The lowest BCUT2D eigenvalue weighted by atomic mass is 9.98. The molecule has 1 rings (SSSR count). The van der Waals surface area contributed by atoms with Gasteiger partial charge in [0.25, 0.3) is 0 Å². The molecule has 7 heteroatoms. The SMILES string of the molecule is CS(=O)(=O)NCCNC(=O)C(CN)Cc1ccccc1. The molecule has 0 bridgehead atoms.